The van der Waals surface area contributed by atoms with Crippen molar-refractivity contribution in [2.45, 2.75) is 18.2 Å². The quantitative estimate of drug-likeness (QED) is 0.511. The van der Waals surface area contributed by atoms with Crippen LogP contribution in [0.5, 0.6) is 0 Å². The molecule has 5 nitrogen and oxygen atoms in total. The van der Waals surface area contributed by atoms with Crippen LogP contribution in [0.25, 0.3) is 0 Å². The van der Waals surface area contributed by atoms with E-state index in [2.05, 4.69) is 5.32 Å². The number of sulfonamides is 1. The fraction of sp³-hybridized carbons (Fsp3) is 0.136. The molecule has 1 amide bonds. The molecule has 30 heavy (non-hydrogen) atoms. The van der Waals surface area contributed by atoms with Crippen LogP contribution in [0.2, 0.25) is 10.0 Å². The van der Waals surface area contributed by atoms with Crippen molar-refractivity contribution in [2.75, 3.05) is 16.2 Å². The molecule has 3 aromatic rings. The van der Waals surface area contributed by atoms with E-state index in [4.69, 9.17) is 23.2 Å². The number of halogens is 2. The number of carbonyl (C=O) groups is 1. The molecule has 0 unspecified atom stereocenters. The molecule has 0 radical (unpaired) electrons. The van der Waals surface area contributed by atoms with Gasteiger partial charge in [-0.25, -0.2) is 8.42 Å². The molecule has 1 N–H and O–H groups in total. The summed E-state index contributed by atoms with van der Waals surface area (Å²) < 4.78 is 27.6. The summed E-state index contributed by atoms with van der Waals surface area (Å²) in [5.74, 6) is -0.505. The van der Waals surface area contributed by atoms with Crippen LogP contribution >= 0.6 is 23.2 Å². The summed E-state index contributed by atoms with van der Waals surface area (Å²) in [5.41, 5.74) is 1.84. The third-order valence-corrected chi connectivity index (χ3v) is 6.77. The summed E-state index contributed by atoms with van der Waals surface area (Å²) in [6.07, 6.45) is 0.880. The Morgan fingerprint density at radius 2 is 1.63 bits per heavy atom. The molecule has 0 atom stereocenters. The number of amides is 1. The van der Waals surface area contributed by atoms with E-state index in [1.807, 2.05) is 19.1 Å². The molecule has 0 aliphatic rings. The first-order chi connectivity index (χ1) is 14.3. The van der Waals surface area contributed by atoms with E-state index in [-0.39, 0.29) is 15.6 Å². The van der Waals surface area contributed by atoms with Crippen LogP contribution in [0, 0.1) is 0 Å². The van der Waals surface area contributed by atoms with Crippen molar-refractivity contribution in [3.8, 4) is 0 Å². The molecule has 0 aromatic heterocycles. The smallest absolute Gasteiger partial charge is 0.264 e. The standard InChI is InChI=1S/C22H20Cl2N2O3S/c1-2-16-8-11-18(12-9-16)25-22(27)15-26(21-14-17(23)10-13-20(21)24)30(28,29)19-6-4-3-5-7-19/h3-14H,2,15H2,1H3,(H,25,27). The predicted octanol–water partition coefficient (Wildman–Crippen LogP) is 5.39. The minimum Gasteiger partial charge on any atom is -0.325 e. The molecule has 0 aliphatic heterocycles. The number of anilines is 2. The number of aryl methyl sites for hydroxylation is 1. The van der Waals surface area contributed by atoms with Crippen LogP contribution in [-0.2, 0) is 21.2 Å². The fourth-order valence-corrected chi connectivity index (χ4v) is 4.74. The third-order valence-electron chi connectivity index (χ3n) is 4.44. The van der Waals surface area contributed by atoms with Crippen LogP contribution in [-0.4, -0.2) is 20.9 Å². The second-order valence-electron chi connectivity index (χ2n) is 6.52. The molecular weight excluding hydrogens is 443 g/mol. The largest absolute Gasteiger partial charge is 0.325 e. The number of rotatable bonds is 7. The zero-order chi connectivity index (χ0) is 21.7. The molecule has 0 saturated heterocycles. The average Bonchev–Trinajstić information content (AvgIpc) is 2.75. The first kappa shape index (κ1) is 22.2. The van der Waals surface area contributed by atoms with E-state index in [1.54, 1.807) is 36.4 Å². The van der Waals surface area contributed by atoms with Gasteiger partial charge in [0.2, 0.25) is 5.91 Å². The van der Waals surface area contributed by atoms with Gasteiger partial charge in [-0.3, -0.25) is 9.10 Å². The van der Waals surface area contributed by atoms with E-state index >= 15 is 0 Å². The first-order valence-corrected chi connectivity index (χ1v) is 11.4. The Bertz CT molecular complexity index is 1130. The molecular formula is C22H20Cl2N2O3S. The van der Waals surface area contributed by atoms with Gasteiger partial charge < -0.3 is 5.32 Å². The summed E-state index contributed by atoms with van der Waals surface area (Å²) in [5, 5.41) is 3.20. The molecule has 8 heteroatoms. The van der Waals surface area contributed by atoms with Gasteiger partial charge in [0.25, 0.3) is 10.0 Å². The molecule has 0 saturated carbocycles. The first-order valence-electron chi connectivity index (χ1n) is 9.23. The van der Waals surface area contributed by atoms with Crippen LogP contribution in [0.3, 0.4) is 0 Å². The lowest BCUT2D eigenvalue weighted by atomic mass is 10.1. The Labute approximate surface area is 186 Å². The van der Waals surface area contributed by atoms with E-state index < -0.39 is 22.5 Å². The zero-order valence-electron chi connectivity index (χ0n) is 16.2. The van der Waals surface area contributed by atoms with Gasteiger partial charge in [0.1, 0.15) is 6.54 Å². The number of benzene rings is 3. The van der Waals surface area contributed by atoms with Gasteiger partial charge in [0, 0.05) is 10.7 Å². The normalized spacial score (nSPS) is 11.2. The van der Waals surface area contributed by atoms with Crippen LogP contribution in [0.4, 0.5) is 11.4 Å². The molecule has 156 valence electrons. The zero-order valence-corrected chi connectivity index (χ0v) is 18.5. The van der Waals surface area contributed by atoms with Gasteiger partial charge in [-0.05, 0) is 54.4 Å². The predicted molar refractivity (Wildman–Crippen MR) is 122 cm³/mol. The van der Waals surface area contributed by atoms with Crippen LogP contribution < -0.4 is 9.62 Å². The molecule has 0 spiro atoms. The highest BCUT2D eigenvalue weighted by Gasteiger charge is 2.29. The molecule has 0 bridgehead atoms. The molecule has 0 aliphatic carbocycles. The SMILES string of the molecule is CCc1ccc(NC(=O)CN(c2cc(Cl)ccc2Cl)S(=O)(=O)c2ccccc2)cc1. The Morgan fingerprint density at radius 3 is 2.27 bits per heavy atom. The highest BCUT2D eigenvalue weighted by Crippen LogP contribution is 2.33. The lowest BCUT2D eigenvalue weighted by Crippen LogP contribution is -2.38. The van der Waals surface area contributed by atoms with Crippen molar-refractivity contribution in [2.24, 2.45) is 0 Å². The minimum atomic E-state index is -4.06. The number of nitrogens with zero attached hydrogens (tertiary/aromatic N) is 1. The molecule has 0 heterocycles. The second-order valence-corrected chi connectivity index (χ2v) is 9.23. The molecule has 3 rings (SSSR count). The maximum Gasteiger partial charge on any atom is 0.264 e. The maximum atomic E-state index is 13.3. The highest BCUT2D eigenvalue weighted by atomic mass is 35.5. The fourth-order valence-electron chi connectivity index (χ4n) is 2.85. The summed E-state index contributed by atoms with van der Waals surface area (Å²) in [6.45, 7) is 1.57. The molecule has 0 fully saturated rings. The Balaban J connectivity index is 1.95. The average molecular weight is 463 g/mol. The third kappa shape index (κ3) is 5.14. The van der Waals surface area contributed by atoms with Crippen molar-refractivity contribution >= 4 is 50.5 Å². The van der Waals surface area contributed by atoms with Gasteiger partial charge in [-0.15, -0.1) is 0 Å². The number of hydrogen-bond acceptors (Lipinski definition) is 3. The highest BCUT2D eigenvalue weighted by molar-refractivity contribution is 7.92. The van der Waals surface area contributed by atoms with E-state index in [1.165, 1.54) is 24.3 Å². The van der Waals surface area contributed by atoms with Gasteiger partial charge in [0.05, 0.1) is 15.6 Å². The Morgan fingerprint density at radius 1 is 0.967 bits per heavy atom. The summed E-state index contributed by atoms with van der Waals surface area (Å²) in [6, 6.07) is 19.7. The van der Waals surface area contributed by atoms with Crippen LogP contribution in [0.1, 0.15) is 12.5 Å². The van der Waals surface area contributed by atoms with E-state index in [0.29, 0.717) is 10.7 Å². The van der Waals surface area contributed by atoms with E-state index in [0.717, 1.165) is 16.3 Å². The van der Waals surface area contributed by atoms with Crippen molar-refractivity contribution in [3.05, 3.63) is 88.4 Å². The van der Waals surface area contributed by atoms with Crippen molar-refractivity contribution in [1.82, 2.24) is 0 Å². The van der Waals surface area contributed by atoms with E-state index in [9.17, 15) is 13.2 Å². The van der Waals surface area contributed by atoms with Gasteiger partial charge >= 0.3 is 0 Å². The monoisotopic (exact) mass is 462 g/mol. The van der Waals surface area contributed by atoms with Crippen molar-refractivity contribution in [1.29, 1.82) is 0 Å². The minimum absolute atomic E-state index is 0.0427. The lowest BCUT2D eigenvalue weighted by molar-refractivity contribution is -0.114. The summed E-state index contributed by atoms with van der Waals surface area (Å²) in [7, 11) is -4.06. The topological polar surface area (TPSA) is 66.5 Å². The maximum absolute atomic E-state index is 13.3. The molecule has 3 aromatic carbocycles. The number of carbonyl (C=O) groups excluding carboxylic acids is 1. The van der Waals surface area contributed by atoms with Gasteiger partial charge in [0.15, 0.2) is 0 Å². The Hall–Kier alpha value is -2.54. The summed E-state index contributed by atoms with van der Waals surface area (Å²) in [4.78, 5) is 12.8. The van der Waals surface area contributed by atoms with Gasteiger partial charge in [-0.1, -0.05) is 60.5 Å². The van der Waals surface area contributed by atoms with Gasteiger partial charge in [-0.2, -0.15) is 0 Å². The second kappa shape index (κ2) is 9.51. The number of nitrogens with one attached hydrogen (secondary N) is 1. The van der Waals surface area contributed by atoms with Crippen LogP contribution in [0.15, 0.2) is 77.7 Å². The number of hydrogen-bond donors (Lipinski definition) is 1. The lowest BCUT2D eigenvalue weighted by Gasteiger charge is -2.25. The van der Waals surface area contributed by atoms with Crippen molar-refractivity contribution < 1.29 is 13.2 Å². The Kier molecular flexibility index (Phi) is 7.02. The van der Waals surface area contributed by atoms with Crippen molar-refractivity contribution in [3.63, 3.8) is 0 Å². The summed E-state index contributed by atoms with van der Waals surface area (Å²) >= 11 is 12.3.